The minimum absolute atomic E-state index is 0.0653. The summed E-state index contributed by atoms with van der Waals surface area (Å²) in [6.07, 6.45) is 2.96. The van der Waals surface area contributed by atoms with Gasteiger partial charge in [-0.2, -0.15) is 0 Å². The predicted octanol–water partition coefficient (Wildman–Crippen LogP) is 2.01. The lowest BCUT2D eigenvalue weighted by Gasteiger charge is -2.01. The molecule has 0 bridgehead atoms. The molecule has 2 heterocycles. The molecule has 9 nitrogen and oxygen atoms in total. The summed E-state index contributed by atoms with van der Waals surface area (Å²) in [7, 11) is 0. The van der Waals surface area contributed by atoms with E-state index in [1.54, 1.807) is 25.3 Å². The molecule has 0 radical (unpaired) electrons. The van der Waals surface area contributed by atoms with Crippen LogP contribution in [0.15, 0.2) is 47.2 Å². The van der Waals surface area contributed by atoms with Crippen molar-refractivity contribution in [3.8, 4) is 5.69 Å². The number of carbonyl (C=O) groups excluding carboxylic acids is 1. The summed E-state index contributed by atoms with van der Waals surface area (Å²) in [6.45, 7) is 2.12. The second-order valence-electron chi connectivity index (χ2n) is 5.01. The normalized spacial score (nSPS) is 10.5. The number of nitrogens with one attached hydrogen (secondary N) is 1. The van der Waals surface area contributed by atoms with Gasteiger partial charge in [-0.05, 0) is 19.1 Å². The molecule has 24 heavy (non-hydrogen) atoms. The summed E-state index contributed by atoms with van der Waals surface area (Å²) < 4.78 is 6.47. The molecule has 1 aromatic carbocycles. The van der Waals surface area contributed by atoms with Gasteiger partial charge in [-0.3, -0.25) is 14.9 Å². The number of nitro benzene ring substituents is 1. The maximum absolute atomic E-state index is 12.1. The average molecular weight is 327 g/mol. The monoisotopic (exact) mass is 327 g/mol. The maximum atomic E-state index is 12.1. The number of rotatable bonds is 5. The SMILES string of the molecule is Cc1occc1CNC(=O)c1cn(-c2cccc([N+](=O)[O-])c2)nn1. The molecule has 3 aromatic rings. The number of carbonyl (C=O) groups is 1. The Bertz CT molecular complexity index is 899. The highest BCUT2D eigenvalue weighted by atomic mass is 16.6. The number of nitro groups is 1. The lowest BCUT2D eigenvalue weighted by Crippen LogP contribution is -2.23. The number of aromatic nitrogens is 3. The molecule has 0 spiro atoms. The van der Waals surface area contributed by atoms with E-state index < -0.39 is 10.8 Å². The van der Waals surface area contributed by atoms with Gasteiger partial charge in [0.2, 0.25) is 0 Å². The average Bonchev–Trinajstić information content (AvgIpc) is 3.22. The molecular weight excluding hydrogens is 314 g/mol. The first-order chi connectivity index (χ1) is 11.5. The van der Waals surface area contributed by atoms with Crippen molar-refractivity contribution in [1.29, 1.82) is 0 Å². The number of benzene rings is 1. The molecule has 0 aliphatic heterocycles. The zero-order chi connectivity index (χ0) is 17.1. The van der Waals surface area contributed by atoms with E-state index in [4.69, 9.17) is 4.42 Å². The van der Waals surface area contributed by atoms with Crippen LogP contribution in [0.5, 0.6) is 0 Å². The largest absolute Gasteiger partial charge is 0.469 e. The highest BCUT2D eigenvalue weighted by molar-refractivity contribution is 5.91. The van der Waals surface area contributed by atoms with Gasteiger partial charge in [-0.25, -0.2) is 4.68 Å². The van der Waals surface area contributed by atoms with E-state index in [2.05, 4.69) is 15.6 Å². The predicted molar refractivity (Wildman–Crippen MR) is 82.6 cm³/mol. The van der Waals surface area contributed by atoms with Gasteiger partial charge in [0.1, 0.15) is 5.76 Å². The van der Waals surface area contributed by atoms with Gasteiger partial charge < -0.3 is 9.73 Å². The fraction of sp³-hybridized carbons (Fsp3) is 0.133. The van der Waals surface area contributed by atoms with Crippen LogP contribution in [-0.4, -0.2) is 25.8 Å². The van der Waals surface area contributed by atoms with Crippen LogP contribution in [-0.2, 0) is 6.54 Å². The number of aryl methyl sites for hydroxylation is 1. The van der Waals surface area contributed by atoms with Crippen LogP contribution in [0.2, 0.25) is 0 Å². The van der Waals surface area contributed by atoms with Crippen molar-refractivity contribution in [3.05, 3.63) is 69.9 Å². The van der Waals surface area contributed by atoms with E-state index in [1.807, 2.05) is 0 Å². The van der Waals surface area contributed by atoms with E-state index >= 15 is 0 Å². The van der Waals surface area contributed by atoms with Crippen molar-refractivity contribution in [2.24, 2.45) is 0 Å². The standard InChI is InChI=1S/C15H13N5O4/c1-10-11(5-6-24-10)8-16-15(21)14-9-19(18-17-14)12-3-2-4-13(7-12)20(22)23/h2-7,9H,8H2,1H3,(H,16,21). The summed E-state index contributed by atoms with van der Waals surface area (Å²) in [6, 6.07) is 7.68. The summed E-state index contributed by atoms with van der Waals surface area (Å²) in [5.74, 6) is 0.336. The second kappa shape index (κ2) is 6.32. The molecule has 122 valence electrons. The highest BCUT2D eigenvalue weighted by Gasteiger charge is 2.14. The smallest absolute Gasteiger partial charge is 0.273 e. The molecule has 0 atom stereocenters. The van der Waals surface area contributed by atoms with E-state index in [9.17, 15) is 14.9 Å². The zero-order valence-electron chi connectivity index (χ0n) is 12.7. The molecule has 0 fully saturated rings. The van der Waals surface area contributed by atoms with Gasteiger partial charge in [0.25, 0.3) is 11.6 Å². The molecular formula is C15H13N5O4. The first kappa shape index (κ1) is 15.4. The zero-order valence-corrected chi connectivity index (χ0v) is 12.7. The van der Waals surface area contributed by atoms with E-state index in [0.717, 1.165) is 11.3 Å². The Balaban J connectivity index is 1.73. The first-order valence-corrected chi connectivity index (χ1v) is 7.03. The quantitative estimate of drug-likeness (QED) is 0.566. The van der Waals surface area contributed by atoms with Crippen molar-refractivity contribution < 1.29 is 14.1 Å². The number of nitrogens with zero attached hydrogens (tertiary/aromatic N) is 4. The summed E-state index contributed by atoms with van der Waals surface area (Å²) in [4.78, 5) is 22.4. The Morgan fingerprint density at radius 1 is 1.42 bits per heavy atom. The van der Waals surface area contributed by atoms with Crippen molar-refractivity contribution in [1.82, 2.24) is 20.3 Å². The Labute approximate surface area is 136 Å². The van der Waals surface area contributed by atoms with E-state index in [0.29, 0.717) is 12.2 Å². The summed E-state index contributed by atoms with van der Waals surface area (Å²) >= 11 is 0. The number of furan rings is 1. The number of hydrogen-bond donors (Lipinski definition) is 1. The van der Waals surface area contributed by atoms with Crippen LogP contribution in [0.1, 0.15) is 21.8 Å². The lowest BCUT2D eigenvalue weighted by molar-refractivity contribution is -0.384. The maximum Gasteiger partial charge on any atom is 0.273 e. The number of non-ortho nitro benzene ring substituents is 1. The Morgan fingerprint density at radius 3 is 2.96 bits per heavy atom. The van der Waals surface area contributed by atoms with Gasteiger partial charge in [0.05, 0.1) is 23.1 Å². The number of amides is 1. The molecule has 3 rings (SSSR count). The van der Waals surface area contributed by atoms with Crippen LogP contribution in [0.3, 0.4) is 0 Å². The molecule has 1 amide bonds. The van der Waals surface area contributed by atoms with Gasteiger partial charge in [0, 0.05) is 24.2 Å². The van der Waals surface area contributed by atoms with Gasteiger partial charge in [-0.15, -0.1) is 5.10 Å². The Kier molecular flexibility index (Phi) is 4.06. The Morgan fingerprint density at radius 2 is 2.25 bits per heavy atom. The summed E-state index contributed by atoms with van der Waals surface area (Å²) in [5.41, 5.74) is 1.36. The second-order valence-corrected chi connectivity index (χ2v) is 5.01. The molecule has 0 saturated carbocycles. The van der Waals surface area contributed by atoms with E-state index in [-0.39, 0.29) is 11.4 Å². The van der Waals surface area contributed by atoms with Gasteiger partial charge in [-0.1, -0.05) is 11.3 Å². The lowest BCUT2D eigenvalue weighted by atomic mass is 10.2. The van der Waals surface area contributed by atoms with Crippen molar-refractivity contribution in [2.45, 2.75) is 13.5 Å². The third kappa shape index (κ3) is 3.14. The van der Waals surface area contributed by atoms with Crippen molar-refractivity contribution >= 4 is 11.6 Å². The fourth-order valence-corrected chi connectivity index (χ4v) is 2.10. The minimum atomic E-state index is -0.499. The van der Waals surface area contributed by atoms with Crippen molar-refractivity contribution in [2.75, 3.05) is 0 Å². The van der Waals surface area contributed by atoms with Crippen LogP contribution in [0, 0.1) is 17.0 Å². The Hall–Kier alpha value is -3.49. The third-order valence-electron chi connectivity index (χ3n) is 3.44. The molecule has 9 heteroatoms. The van der Waals surface area contributed by atoms with Crippen LogP contribution in [0.4, 0.5) is 5.69 Å². The van der Waals surface area contributed by atoms with Crippen LogP contribution < -0.4 is 5.32 Å². The van der Waals surface area contributed by atoms with Crippen LogP contribution >= 0.6 is 0 Å². The molecule has 0 aliphatic carbocycles. The molecule has 0 unspecified atom stereocenters. The fourth-order valence-electron chi connectivity index (χ4n) is 2.10. The molecule has 2 aromatic heterocycles. The van der Waals surface area contributed by atoms with Crippen molar-refractivity contribution in [3.63, 3.8) is 0 Å². The summed E-state index contributed by atoms with van der Waals surface area (Å²) in [5, 5.41) is 21.2. The highest BCUT2D eigenvalue weighted by Crippen LogP contribution is 2.16. The topological polar surface area (TPSA) is 116 Å². The van der Waals surface area contributed by atoms with Gasteiger partial charge in [0.15, 0.2) is 5.69 Å². The molecule has 0 aliphatic rings. The molecule has 0 saturated heterocycles. The van der Waals surface area contributed by atoms with Crippen LogP contribution in [0.25, 0.3) is 5.69 Å². The first-order valence-electron chi connectivity index (χ1n) is 7.03. The minimum Gasteiger partial charge on any atom is -0.469 e. The number of hydrogen-bond acceptors (Lipinski definition) is 6. The third-order valence-corrected chi connectivity index (χ3v) is 3.44. The van der Waals surface area contributed by atoms with E-state index in [1.165, 1.54) is 29.1 Å². The van der Waals surface area contributed by atoms with Gasteiger partial charge >= 0.3 is 0 Å². The molecule has 1 N–H and O–H groups in total.